The monoisotopic (exact) mass is 211 g/mol. The van der Waals surface area contributed by atoms with Gasteiger partial charge in [-0.05, 0) is 18.8 Å². The van der Waals surface area contributed by atoms with Gasteiger partial charge in [0.1, 0.15) is 4.05 Å². The van der Waals surface area contributed by atoms with Crippen molar-refractivity contribution in [3.05, 3.63) is 4.91 Å². The first kappa shape index (κ1) is 5.47. The van der Waals surface area contributed by atoms with Crippen LogP contribution >= 0.6 is 22.6 Å². The fourth-order valence-corrected chi connectivity index (χ4v) is 1.18. The van der Waals surface area contributed by atoms with Gasteiger partial charge in [-0.2, -0.15) is 0 Å². The summed E-state index contributed by atoms with van der Waals surface area (Å²) >= 11 is 2.08. The Morgan fingerprint density at radius 3 is 2.43 bits per heavy atom. The molecule has 0 N–H and O–H groups in total. The van der Waals surface area contributed by atoms with E-state index in [4.69, 9.17) is 0 Å². The standard InChI is InChI=1S/C4H6INO/c5-4(6-7)3-1-2-3/h3-4H,1-2H2. The lowest BCUT2D eigenvalue weighted by Gasteiger charge is -1.89. The fourth-order valence-electron chi connectivity index (χ4n) is 0.457. The molecule has 3 heteroatoms. The highest BCUT2D eigenvalue weighted by atomic mass is 127. The van der Waals surface area contributed by atoms with Crippen LogP contribution < -0.4 is 0 Å². The average Bonchev–Trinajstić information content (AvgIpc) is 2.44. The predicted molar refractivity (Wildman–Crippen MR) is 36.3 cm³/mol. The first-order valence-corrected chi connectivity index (χ1v) is 3.55. The minimum atomic E-state index is 0.0533. The Labute approximate surface area is 55.8 Å². The van der Waals surface area contributed by atoms with Crippen molar-refractivity contribution >= 4 is 22.6 Å². The molecule has 1 aliphatic rings. The van der Waals surface area contributed by atoms with E-state index in [9.17, 15) is 4.91 Å². The highest BCUT2D eigenvalue weighted by Crippen LogP contribution is 2.37. The Morgan fingerprint density at radius 1 is 1.71 bits per heavy atom. The molecule has 1 aliphatic carbocycles. The third kappa shape index (κ3) is 1.36. The van der Waals surface area contributed by atoms with Crippen LogP contribution in [0.3, 0.4) is 0 Å². The Morgan fingerprint density at radius 2 is 2.29 bits per heavy atom. The lowest BCUT2D eigenvalue weighted by molar-refractivity contribution is 0.813. The molecule has 1 saturated carbocycles. The first-order chi connectivity index (χ1) is 3.34. The van der Waals surface area contributed by atoms with Crippen molar-refractivity contribution in [3.63, 3.8) is 0 Å². The molecule has 0 aromatic rings. The van der Waals surface area contributed by atoms with E-state index in [0.29, 0.717) is 5.92 Å². The molecule has 0 radical (unpaired) electrons. The second-order valence-electron chi connectivity index (χ2n) is 1.82. The molecule has 0 heterocycles. The molecule has 0 aliphatic heterocycles. The van der Waals surface area contributed by atoms with Crippen LogP contribution in [-0.4, -0.2) is 4.05 Å². The van der Waals surface area contributed by atoms with Gasteiger partial charge >= 0.3 is 0 Å². The Hall–Kier alpha value is 0.330. The van der Waals surface area contributed by atoms with Gasteiger partial charge in [-0.15, -0.1) is 4.91 Å². The molecule has 0 aromatic heterocycles. The van der Waals surface area contributed by atoms with Crippen molar-refractivity contribution in [1.29, 1.82) is 0 Å². The van der Waals surface area contributed by atoms with Crippen molar-refractivity contribution in [2.45, 2.75) is 16.9 Å². The molecule has 0 aromatic carbocycles. The summed E-state index contributed by atoms with van der Waals surface area (Å²) < 4.78 is 0.0533. The summed E-state index contributed by atoms with van der Waals surface area (Å²) in [5.41, 5.74) is 0. The van der Waals surface area contributed by atoms with Crippen LogP contribution in [0.15, 0.2) is 5.18 Å². The molecule has 40 valence electrons. The van der Waals surface area contributed by atoms with Gasteiger partial charge < -0.3 is 0 Å². The van der Waals surface area contributed by atoms with E-state index in [1.165, 1.54) is 12.8 Å². The van der Waals surface area contributed by atoms with Crippen LogP contribution in [-0.2, 0) is 0 Å². The molecule has 1 atom stereocenters. The highest BCUT2D eigenvalue weighted by Gasteiger charge is 2.29. The number of hydrogen-bond acceptors (Lipinski definition) is 2. The maximum atomic E-state index is 9.73. The zero-order valence-electron chi connectivity index (χ0n) is 3.80. The van der Waals surface area contributed by atoms with Crippen molar-refractivity contribution in [2.24, 2.45) is 11.1 Å². The maximum absolute atomic E-state index is 9.73. The molecule has 0 spiro atoms. The molecule has 7 heavy (non-hydrogen) atoms. The van der Waals surface area contributed by atoms with E-state index >= 15 is 0 Å². The smallest absolute Gasteiger partial charge is 0.146 e. The van der Waals surface area contributed by atoms with E-state index in [1.54, 1.807) is 0 Å². The van der Waals surface area contributed by atoms with Gasteiger partial charge in [0.2, 0.25) is 0 Å². The number of alkyl halides is 1. The number of nitrogens with zero attached hydrogens (tertiary/aromatic N) is 1. The van der Waals surface area contributed by atoms with Crippen LogP contribution in [0.4, 0.5) is 0 Å². The summed E-state index contributed by atoms with van der Waals surface area (Å²) in [5, 5.41) is 2.89. The molecule has 1 rings (SSSR count). The number of halogens is 1. The van der Waals surface area contributed by atoms with Crippen LogP contribution in [0, 0.1) is 10.8 Å². The van der Waals surface area contributed by atoms with Crippen LogP contribution in [0.5, 0.6) is 0 Å². The molecule has 1 fully saturated rings. The zero-order valence-corrected chi connectivity index (χ0v) is 5.96. The second kappa shape index (κ2) is 2.07. The first-order valence-electron chi connectivity index (χ1n) is 2.31. The molecule has 0 bridgehead atoms. The average molecular weight is 211 g/mol. The molecule has 1 unspecified atom stereocenters. The summed E-state index contributed by atoms with van der Waals surface area (Å²) in [7, 11) is 0. The van der Waals surface area contributed by atoms with Crippen LogP contribution in [0.2, 0.25) is 0 Å². The summed E-state index contributed by atoms with van der Waals surface area (Å²) in [6, 6.07) is 0. The van der Waals surface area contributed by atoms with Crippen LogP contribution in [0.25, 0.3) is 0 Å². The molecule has 0 amide bonds. The van der Waals surface area contributed by atoms with Crippen molar-refractivity contribution in [1.82, 2.24) is 0 Å². The van der Waals surface area contributed by atoms with Gasteiger partial charge in [-0.25, -0.2) is 0 Å². The van der Waals surface area contributed by atoms with E-state index in [0.717, 1.165) is 0 Å². The van der Waals surface area contributed by atoms with Gasteiger partial charge in [0.15, 0.2) is 0 Å². The lowest BCUT2D eigenvalue weighted by Crippen LogP contribution is -1.91. The van der Waals surface area contributed by atoms with Crippen molar-refractivity contribution in [2.75, 3.05) is 0 Å². The molecule has 2 nitrogen and oxygen atoms in total. The summed E-state index contributed by atoms with van der Waals surface area (Å²) in [6.07, 6.45) is 2.42. The number of hydrogen-bond donors (Lipinski definition) is 0. The Bertz CT molecular complexity index is 81.8. The predicted octanol–water partition coefficient (Wildman–Crippen LogP) is 1.92. The topological polar surface area (TPSA) is 29.4 Å². The molecular weight excluding hydrogens is 205 g/mol. The molecule has 0 saturated heterocycles. The Balaban J connectivity index is 2.22. The van der Waals surface area contributed by atoms with Crippen LogP contribution in [0.1, 0.15) is 12.8 Å². The second-order valence-corrected chi connectivity index (χ2v) is 3.09. The van der Waals surface area contributed by atoms with E-state index in [2.05, 4.69) is 27.8 Å². The zero-order chi connectivity index (χ0) is 5.28. The Kier molecular flexibility index (Phi) is 1.61. The van der Waals surface area contributed by atoms with Crippen molar-refractivity contribution in [3.8, 4) is 0 Å². The van der Waals surface area contributed by atoms with E-state index in [-0.39, 0.29) is 4.05 Å². The third-order valence-corrected chi connectivity index (χ3v) is 2.36. The quantitative estimate of drug-likeness (QED) is 0.297. The van der Waals surface area contributed by atoms with Gasteiger partial charge in [-0.1, -0.05) is 27.8 Å². The van der Waals surface area contributed by atoms with Gasteiger partial charge in [0.25, 0.3) is 0 Å². The summed E-state index contributed by atoms with van der Waals surface area (Å²) in [5.74, 6) is 0.623. The minimum Gasteiger partial charge on any atom is -0.150 e. The van der Waals surface area contributed by atoms with Gasteiger partial charge in [0, 0.05) is 0 Å². The van der Waals surface area contributed by atoms with Crippen molar-refractivity contribution < 1.29 is 0 Å². The van der Waals surface area contributed by atoms with Gasteiger partial charge in [0.05, 0.1) is 0 Å². The largest absolute Gasteiger partial charge is 0.150 e. The molecular formula is C4H6INO. The number of nitroso groups, excluding NO2 is 1. The SMILES string of the molecule is O=NC(I)C1CC1. The third-order valence-electron chi connectivity index (χ3n) is 1.11. The maximum Gasteiger partial charge on any atom is 0.146 e. The lowest BCUT2D eigenvalue weighted by atomic mass is 10.4. The summed E-state index contributed by atoms with van der Waals surface area (Å²) in [4.78, 5) is 9.73. The fraction of sp³-hybridized carbons (Fsp3) is 1.00. The number of rotatable bonds is 2. The normalized spacial score (nSPS) is 24.1. The minimum absolute atomic E-state index is 0.0533. The summed E-state index contributed by atoms with van der Waals surface area (Å²) in [6.45, 7) is 0. The van der Waals surface area contributed by atoms with E-state index < -0.39 is 0 Å². The van der Waals surface area contributed by atoms with Gasteiger partial charge in [-0.3, -0.25) is 0 Å². The van der Waals surface area contributed by atoms with E-state index in [1.807, 2.05) is 0 Å². The highest BCUT2D eigenvalue weighted by molar-refractivity contribution is 14.1.